The van der Waals surface area contributed by atoms with Gasteiger partial charge in [-0.3, -0.25) is 19.1 Å². The fourth-order valence-corrected chi connectivity index (χ4v) is 5.26. The topological polar surface area (TPSA) is 100 Å². The van der Waals surface area contributed by atoms with Crippen LogP contribution in [-0.4, -0.2) is 44.4 Å². The van der Waals surface area contributed by atoms with Crippen LogP contribution in [0.2, 0.25) is 0 Å². The molecule has 0 bridgehead atoms. The van der Waals surface area contributed by atoms with Crippen molar-refractivity contribution < 1.29 is 9.57 Å². The van der Waals surface area contributed by atoms with Crippen LogP contribution in [0.1, 0.15) is 24.1 Å². The molecule has 0 amide bonds. The molecule has 5 aromatic rings. The highest BCUT2D eigenvalue weighted by Gasteiger charge is 2.19. The quantitative estimate of drug-likeness (QED) is 0.304. The lowest BCUT2D eigenvalue weighted by Gasteiger charge is -2.18. The molecule has 2 N–H and O–H groups in total. The Labute approximate surface area is 226 Å². The minimum Gasteiger partial charge on any atom is -0.497 e. The van der Waals surface area contributed by atoms with E-state index in [9.17, 15) is 4.79 Å². The molecule has 0 aliphatic carbocycles. The molecule has 0 atom stereocenters. The van der Waals surface area contributed by atoms with E-state index in [0.717, 1.165) is 25.2 Å². The van der Waals surface area contributed by atoms with E-state index < -0.39 is 0 Å². The van der Waals surface area contributed by atoms with Crippen molar-refractivity contribution in [3.8, 4) is 28.3 Å². The number of hydrogen-bond donors (Lipinski definition) is 1. The van der Waals surface area contributed by atoms with E-state index in [0.29, 0.717) is 33.9 Å². The molecule has 0 unspecified atom stereocenters. The zero-order valence-electron chi connectivity index (χ0n) is 21.8. The number of nitrogens with two attached hydrogens (primary N) is 1. The largest absolute Gasteiger partial charge is 0.497 e. The molecule has 198 valence electrons. The second-order valence-electron chi connectivity index (χ2n) is 9.67. The van der Waals surface area contributed by atoms with Crippen LogP contribution in [-0.2, 0) is 18.0 Å². The molecule has 0 radical (unpaired) electrons. The van der Waals surface area contributed by atoms with Crippen molar-refractivity contribution in [1.82, 2.24) is 24.2 Å². The summed E-state index contributed by atoms with van der Waals surface area (Å²) in [6.45, 7) is 3.28. The summed E-state index contributed by atoms with van der Waals surface area (Å²) in [6.07, 6.45) is 4.06. The molecule has 1 aliphatic rings. The Morgan fingerprint density at radius 1 is 0.923 bits per heavy atom. The summed E-state index contributed by atoms with van der Waals surface area (Å²) in [5, 5.41) is 4.60. The van der Waals surface area contributed by atoms with E-state index in [1.54, 1.807) is 11.8 Å². The first-order valence-electron chi connectivity index (χ1n) is 13.0. The third kappa shape index (κ3) is 4.83. The fraction of sp³-hybridized carbons (Fsp3) is 0.233. The van der Waals surface area contributed by atoms with Crippen LogP contribution >= 0.6 is 0 Å². The zero-order valence-corrected chi connectivity index (χ0v) is 21.8. The minimum absolute atomic E-state index is 0.0294. The Morgan fingerprint density at radius 2 is 1.64 bits per heavy atom. The van der Waals surface area contributed by atoms with Crippen molar-refractivity contribution in [3.05, 3.63) is 101 Å². The van der Waals surface area contributed by atoms with Gasteiger partial charge in [0.2, 0.25) is 0 Å². The summed E-state index contributed by atoms with van der Waals surface area (Å²) in [5.74, 6) is 6.04. The van der Waals surface area contributed by atoms with Crippen LogP contribution in [0.3, 0.4) is 0 Å². The van der Waals surface area contributed by atoms with Crippen molar-refractivity contribution in [1.29, 1.82) is 0 Å². The Hall–Kier alpha value is -4.31. The molecule has 2 aromatic heterocycles. The van der Waals surface area contributed by atoms with Crippen LogP contribution in [0.25, 0.3) is 33.5 Å². The number of methoxy groups -OCH3 is 1. The molecule has 1 fully saturated rings. The number of ether oxygens (including phenoxy) is 1. The number of rotatable bonds is 8. The minimum atomic E-state index is -0.242. The average molecular weight is 523 g/mol. The maximum atomic E-state index is 13.8. The SMILES string of the molecule is COc1ccc(-n2nc(CON)c3ncn(-c4ccc(-c5ccccc5CN5CCCC5)cc4)c(=O)c32)cc1. The van der Waals surface area contributed by atoms with E-state index in [4.69, 9.17) is 15.5 Å². The molecular formula is C30H30N6O3. The van der Waals surface area contributed by atoms with Crippen molar-refractivity contribution in [2.24, 2.45) is 5.90 Å². The van der Waals surface area contributed by atoms with Gasteiger partial charge in [0.05, 0.1) is 18.5 Å². The predicted octanol–water partition coefficient (Wildman–Crippen LogP) is 4.23. The molecule has 39 heavy (non-hydrogen) atoms. The lowest BCUT2D eigenvalue weighted by molar-refractivity contribution is 0.122. The van der Waals surface area contributed by atoms with Gasteiger partial charge in [0.1, 0.15) is 29.9 Å². The van der Waals surface area contributed by atoms with Gasteiger partial charge in [0.25, 0.3) is 5.56 Å². The average Bonchev–Trinajstić information content (AvgIpc) is 3.63. The number of fused-ring (bicyclic) bond motifs is 1. The van der Waals surface area contributed by atoms with E-state index in [-0.39, 0.29) is 12.2 Å². The molecule has 1 aliphatic heterocycles. The van der Waals surface area contributed by atoms with Gasteiger partial charge in [-0.25, -0.2) is 15.6 Å². The molecular weight excluding hydrogens is 492 g/mol. The van der Waals surface area contributed by atoms with Crippen LogP contribution in [0.15, 0.2) is 83.9 Å². The summed E-state index contributed by atoms with van der Waals surface area (Å²) >= 11 is 0. The molecule has 3 aromatic carbocycles. The number of likely N-dealkylation sites (tertiary alicyclic amines) is 1. The molecule has 9 nitrogen and oxygen atoms in total. The Morgan fingerprint density at radius 3 is 2.36 bits per heavy atom. The highest BCUT2D eigenvalue weighted by molar-refractivity contribution is 5.79. The first-order chi connectivity index (χ1) is 19.2. The number of nitrogens with zero attached hydrogens (tertiary/aromatic N) is 5. The van der Waals surface area contributed by atoms with Crippen LogP contribution in [0.5, 0.6) is 5.75 Å². The van der Waals surface area contributed by atoms with Gasteiger partial charge in [-0.2, -0.15) is 5.10 Å². The smallest absolute Gasteiger partial charge is 0.284 e. The van der Waals surface area contributed by atoms with Crippen LogP contribution in [0.4, 0.5) is 0 Å². The van der Waals surface area contributed by atoms with Gasteiger partial charge in [0, 0.05) is 6.54 Å². The van der Waals surface area contributed by atoms with Gasteiger partial charge in [0.15, 0.2) is 5.52 Å². The Kier molecular flexibility index (Phi) is 6.93. The molecule has 6 rings (SSSR count). The normalized spacial score (nSPS) is 13.8. The van der Waals surface area contributed by atoms with E-state index in [1.165, 1.54) is 34.9 Å². The van der Waals surface area contributed by atoms with E-state index in [1.807, 2.05) is 36.4 Å². The second kappa shape index (κ2) is 10.8. The maximum absolute atomic E-state index is 13.8. The van der Waals surface area contributed by atoms with Crippen molar-refractivity contribution in [3.63, 3.8) is 0 Å². The molecule has 3 heterocycles. The second-order valence-corrected chi connectivity index (χ2v) is 9.67. The highest BCUT2D eigenvalue weighted by Crippen LogP contribution is 2.27. The lowest BCUT2D eigenvalue weighted by atomic mass is 9.99. The van der Waals surface area contributed by atoms with Crippen LogP contribution in [0, 0.1) is 0 Å². The summed E-state index contributed by atoms with van der Waals surface area (Å²) in [6, 6.07) is 23.9. The Bertz CT molecular complexity index is 1650. The van der Waals surface area contributed by atoms with Gasteiger partial charge in [-0.1, -0.05) is 36.4 Å². The molecule has 0 saturated carbocycles. The van der Waals surface area contributed by atoms with Gasteiger partial charge >= 0.3 is 0 Å². The fourth-order valence-electron chi connectivity index (χ4n) is 5.26. The van der Waals surface area contributed by atoms with Crippen molar-refractivity contribution in [2.75, 3.05) is 20.2 Å². The maximum Gasteiger partial charge on any atom is 0.284 e. The standard InChI is InChI=1S/C30H30N6O3/c1-38-25-14-12-24(13-15-25)36-29-28(27(33-36)19-39-31)32-20-35(30(29)37)23-10-8-21(9-11-23)26-7-3-2-6-22(26)18-34-16-4-5-17-34/h2-3,6-15,20H,4-5,16-19,31H2,1H3. The van der Waals surface area contributed by atoms with Crippen molar-refractivity contribution >= 4 is 11.0 Å². The number of benzene rings is 3. The number of hydrogen-bond acceptors (Lipinski definition) is 7. The van der Waals surface area contributed by atoms with Gasteiger partial charge in [-0.05, 0) is 79.0 Å². The third-order valence-electron chi connectivity index (χ3n) is 7.26. The summed E-state index contributed by atoms with van der Waals surface area (Å²) in [4.78, 5) is 25.7. The highest BCUT2D eigenvalue weighted by atomic mass is 16.6. The summed E-state index contributed by atoms with van der Waals surface area (Å²) in [5.41, 5.74) is 6.08. The molecule has 9 heteroatoms. The lowest BCUT2D eigenvalue weighted by Crippen LogP contribution is -2.21. The Balaban J connectivity index is 1.39. The number of aromatic nitrogens is 4. The van der Waals surface area contributed by atoms with E-state index >= 15 is 0 Å². The van der Waals surface area contributed by atoms with Gasteiger partial charge < -0.3 is 4.74 Å². The first kappa shape index (κ1) is 25.0. The van der Waals surface area contributed by atoms with Gasteiger partial charge in [-0.15, -0.1) is 0 Å². The zero-order chi connectivity index (χ0) is 26.8. The summed E-state index contributed by atoms with van der Waals surface area (Å²) < 4.78 is 8.39. The third-order valence-corrected chi connectivity index (χ3v) is 7.26. The monoisotopic (exact) mass is 522 g/mol. The summed E-state index contributed by atoms with van der Waals surface area (Å²) in [7, 11) is 1.61. The predicted molar refractivity (Wildman–Crippen MR) is 150 cm³/mol. The molecule has 0 spiro atoms. The van der Waals surface area contributed by atoms with Crippen molar-refractivity contribution in [2.45, 2.75) is 26.0 Å². The van der Waals surface area contributed by atoms with E-state index in [2.05, 4.69) is 51.4 Å². The first-order valence-corrected chi connectivity index (χ1v) is 13.0. The molecule has 1 saturated heterocycles. The van der Waals surface area contributed by atoms with Crippen LogP contribution < -0.4 is 16.2 Å².